The number of hydrogen-bond donors (Lipinski definition) is 1. The summed E-state index contributed by atoms with van der Waals surface area (Å²) in [7, 11) is 0. The van der Waals surface area contributed by atoms with Gasteiger partial charge in [0, 0.05) is 25.3 Å². The third-order valence-corrected chi connectivity index (χ3v) is 3.29. The third kappa shape index (κ3) is 3.40. The summed E-state index contributed by atoms with van der Waals surface area (Å²) in [5.74, 6) is 0.584. The normalized spacial score (nSPS) is 23.2. The standard InChI is InChI=1S/C13H19N3O2/c1-2-12(17-7-1)9-18-13-6-5-11(15-16-13)8-14-10-3-4-10/h5-6,10,12,14H,1-4,7-9H2. The highest BCUT2D eigenvalue weighted by molar-refractivity contribution is 5.11. The van der Waals surface area contributed by atoms with Crippen molar-refractivity contribution in [3.05, 3.63) is 17.8 Å². The smallest absolute Gasteiger partial charge is 0.233 e. The van der Waals surface area contributed by atoms with Gasteiger partial charge < -0.3 is 14.8 Å². The molecule has 1 saturated heterocycles. The maximum Gasteiger partial charge on any atom is 0.233 e. The second-order valence-corrected chi connectivity index (χ2v) is 4.96. The molecule has 2 heterocycles. The molecule has 0 spiro atoms. The molecule has 0 amide bonds. The second-order valence-electron chi connectivity index (χ2n) is 4.96. The van der Waals surface area contributed by atoms with Crippen LogP contribution in [0.1, 0.15) is 31.4 Å². The number of ether oxygens (including phenoxy) is 2. The highest BCUT2D eigenvalue weighted by Gasteiger charge is 2.20. The molecule has 98 valence electrons. The quantitative estimate of drug-likeness (QED) is 0.823. The molecule has 1 aliphatic heterocycles. The van der Waals surface area contributed by atoms with Gasteiger partial charge in [0.1, 0.15) is 6.61 Å². The Morgan fingerprint density at radius 3 is 2.89 bits per heavy atom. The Bertz CT molecular complexity index is 372. The van der Waals surface area contributed by atoms with Crippen molar-refractivity contribution >= 4 is 0 Å². The lowest BCUT2D eigenvalue weighted by atomic mass is 10.2. The van der Waals surface area contributed by atoms with Crippen LogP contribution in [0.2, 0.25) is 0 Å². The summed E-state index contributed by atoms with van der Waals surface area (Å²) in [6.07, 6.45) is 5.01. The summed E-state index contributed by atoms with van der Waals surface area (Å²) in [4.78, 5) is 0. The Morgan fingerprint density at radius 1 is 1.28 bits per heavy atom. The molecule has 1 aromatic heterocycles. The number of nitrogens with zero attached hydrogens (tertiary/aromatic N) is 2. The number of rotatable bonds is 6. The summed E-state index contributed by atoms with van der Waals surface area (Å²) in [5, 5.41) is 11.6. The molecular formula is C13H19N3O2. The van der Waals surface area contributed by atoms with Crippen molar-refractivity contribution in [3.63, 3.8) is 0 Å². The van der Waals surface area contributed by atoms with Crippen molar-refractivity contribution < 1.29 is 9.47 Å². The first-order chi connectivity index (χ1) is 8.90. The topological polar surface area (TPSA) is 56.3 Å². The number of hydrogen-bond acceptors (Lipinski definition) is 5. The van der Waals surface area contributed by atoms with Gasteiger partial charge >= 0.3 is 0 Å². The van der Waals surface area contributed by atoms with E-state index < -0.39 is 0 Å². The Hall–Kier alpha value is -1.20. The van der Waals surface area contributed by atoms with E-state index in [9.17, 15) is 0 Å². The Kier molecular flexibility index (Phi) is 3.71. The highest BCUT2D eigenvalue weighted by Crippen LogP contribution is 2.19. The lowest BCUT2D eigenvalue weighted by Crippen LogP contribution is -2.18. The van der Waals surface area contributed by atoms with Gasteiger partial charge in [0.15, 0.2) is 0 Å². The van der Waals surface area contributed by atoms with Crippen LogP contribution in [0.25, 0.3) is 0 Å². The van der Waals surface area contributed by atoms with E-state index in [0.29, 0.717) is 18.5 Å². The van der Waals surface area contributed by atoms with Gasteiger partial charge in [0.25, 0.3) is 0 Å². The zero-order valence-electron chi connectivity index (χ0n) is 10.5. The summed E-state index contributed by atoms with van der Waals surface area (Å²) < 4.78 is 11.1. The van der Waals surface area contributed by atoms with Crippen LogP contribution in [0.4, 0.5) is 0 Å². The molecule has 0 aromatic carbocycles. The summed E-state index contributed by atoms with van der Waals surface area (Å²) >= 11 is 0. The van der Waals surface area contributed by atoms with Crippen molar-refractivity contribution in [1.82, 2.24) is 15.5 Å². The summed E-state index contributed by atoms with van der Waals surface area (Å²) in [6.45, 7) is 2.23. The minimum absolute atomic E-state index is 0.225. The first-order valence-corrected chi connectivity index (χ1v) is 6.70. The molecule has 1 atom stereocenters. The van der Waals surface area contributed by atoms with Crippen molar-refractivity contribution in [2.24, 2.45) is 0 Å². The molecule has 1 aromatic rings. The van der Waals surface area contributed by atoms with Crippen LogP contribution in [-0.2, 0) is 11.3 Å². The first-order valence-electron chi connectivity index (χ1n) is 6.70. The average Bonchev–Trinajstić information content (AvgIpc) is 3.09. The Balaban J connectivity index is 1.44. The average molecular weight is 249 g/mol. The van der Waals surface area contributed by atoms with E-state index in [0.717, 1.165) is 31.7 Å². The molecule has 1 aliphatic carbocycles. The molecule has 1 N–H and O–H groups in total. The van der Waals surface area contributed by atoms with Crippen molar-refractivity contribution in [2.45, 2.75) is 44.4 Å². The van der Waals surface area contributed by atoms with E-state index in [-0.39, 0.29) is 6.10 Å². The number of aromatic nitrogens is 2. The largest absolute Gasteiger partial charge is 0.474 e. The van der Waals surface area contributed by atoms with Gasteiger partial charge in [-0.3, -0.25) is 0 Å². The Labute approximate surface area is 107 Å². The van der Waals surface area contributed by atoms with Crippen LogP contribution >= 0.6 is 0 Å². The molecule has 2 fully saturated rings. The van der Waals surface area contributed by atoms with Crippen molar-refractivity contribution in [2.75, 3.05) is 13.2 Å². The van der Waals surface area contributed by atoms with Gasteiger partial charge in [-0.15, -0.1) is 5.10 Å². The second kappa shape index (κ2) is 5.63. The summed E-state index contributed by atoms with van der Waals surface area (Å²) in [6, 6.07) is 4.54. The van der Waals surface area contributed by atoms with E-state index in [1.54, 1.807) is 0 Å². The maximum absolute atomic E-state index is 5.56. The molecule has 5 heteroatoms. The van der Waals surface area contributed by atoms with Gasteiger partial charge in [-0.05, 0) is 31.7 Å². The molecule has 5 nitrogen and oxygen atoms in total. The molecular weight excluding hydrogens is 230 g/mol. The van der Waals surface area contributed by atoms with E-state index >= 15 is 0 Å². The van der Waals surface area contributed by atoms with Gasteiger partial charge in [0.2, 0.25) is 5.88 Å². The molecule has 2 aliphatic rings. The van der Waals surface area contributed by atoms with Crippen LogP contribution in [0.5, 0.6) is 5.88 Å². The summed E-state index contributed by atoms with van der Waals surface area (Å²) in [5.41, 5.74) is 0.964. The van der Waals surface area contributed by atoms with Gasteiger partial charge in [-0.25, -0.2) is 0 Å². The van der Waals surface area contributed by atoms with Crippen LogP contribution in [0, 0.1) is 0 Å². The zero-order chi connectivity index (χ0) is 12.2. The highest BCUT2D eigenvalue weighted by atomic mass is 16.5. The fraction of sp³-hybridized carbons (Fsp3) is 0.692. The zero-order valence-corrected chi connectivity index (χ0v) is 10.5. The number of nitrogens with one attached hydrogen (secondary N) is 1. The van der Waals surface area contributed by atoms with E-state index in [1.807, 2.05) is 12.1 Å². The van der Waals surface area contributed by atoms with Gasteiger partial charge in [-0.2, -0.15) is 5.10 Å². The van der Waals surface area contributed by atoms with Crippen LogP contribution < -0.4 is 10.1 Å². The lowest BCUT2D eigenvalue weighted by molar-refractivity contribution is 0.0659. The van der Waals surface area contributed by atoms with E-state index in [2.05, 4.69) is 15.5 Å². The van der Waals surface area contributed by atoms with Crippen LogP contribution in [-0.4, -0.2) is 35.6 Å². The predicted octanol–water partition coefficient (Wildman–Crippen LogP) is 1.29. The minimum atomic E-state index is 0.225. The fourth-order valence-electron chi connectivity index (χ4n) is 2.01. The molecule has 1 unspecified atom stereocenters. The fourth-order valence-corrected chi connectivity index (χ4v) is 2.01. The van der Waals surface area contributed by atoms with Crippen molar-refractivity contribution in [1.29, 1.82) is 0 Å². The molecule has 0 bridgehead atoms. The van der Waals surface area contributed by atoms with E-state index in [4.69, 9.17) is 9.47 Å². The van der Waals surface area contributed by atoms with Crippen LogP contribution in [0.3, 0.4) is 0 Å². The third-order valence-electron chi connectivity index (χ3n) is 3.29. The molecule has 18 heavy (non-hydrogen) atoms. The molecule has 0 radical (unpaired) electrons. The van der Waals surface area contributed by atoms with Crippen LogP contribution in [0.15, 0.2) is 12.1 Å². The monoisotopic (exact) mass is 249 g/mol. The predicted molar refractivity (Wildman–Crippen MR) is 66.4 cm³/mol. The Morgan fingerprint density at radius 2 is 2.22 bits per heavy atom. The molecule has 3 rings (SSSR count). The minimum Gasteiger partial charge on any atom is -0.474 e. The van der Waals surface area contributed by atoms with Gasteiger partial charge in [0.05, 0.1) is 11.8 Å². The lowest BCUT2D eigenvalue weighted by Gasteiger charge is -2.10. The van der Waals surface area contributed by atoms with Gasteiger partial charge in [-0.1, -0.05) is 0 Å². The molecule has 1 saturated carbocycles. The van der Waals surface area contributed by atoms with Crippen molar-refractivity contribution in [3.8, 4) is 5.88 Å². The van der Waals surface area contributed by atoms with E-state index in [1.165, 1.54) is 12.8 Å². The SMILES string of the molecule is c1cc(OCC2CCCO2)nnc1CNC1CC1. The first kappa shape index (κ1) is 11.9. The maximum atomic E-state index is 5.56.